The Morgan fingerprint density at radius 2 is 1.54 bits per heavy atom. The van der Waals surface area contributed by atoms with Crippen molar-refractivity contribution in [3.05, 3.63) is 35.4 Å². The number of hydrogen-bond acceptors (Lipinski definition) is 2. The number of aryl methyl sites for hydroxylation is 1. The van der Waals surface area contributed by atoms with Gasteiger partial charge < -0.3 is 0 Å². The lowest BCUT2D eigenvalue weighted by Gasteiger charge is -2.33. The SMILES string of the molecule is CCCCCCCCc1ccc(C(C(C)C)N(CC(C)C)C(=O)[P+](C)=O)cc1. The lowest BCUT2D eigenvalue weighted by molar-refractivity contribution is 0.165. The Balaban J connectivity index is 2.84. The first-order chi connectivity index (χ1) is 13.3. The lowest BCUT2D eigenvalue weighted by Crippen LogP contribution is -2.37. The van der Waals surface area contributed by atoms with Crippen LogP contribution in [-0.4, -0.2) is 23.8 Å². The van der Waals surface area contributed by atoms with Crippen molar-refractivity contribution in [2.24, 2.45) is 11.8 Å². The first-order valence-corrected chi connectivity index (χ1v) is 12.8. The summed E-state index contributed by atoms with van der Waals surface area (Å²) in [5.41, 5.74) is 2.29. The van der Waals surface area contributed by atoms with Gasteiger partial charge in [-0.3, -0.25) is 4.90 Å². The van der Waals surface area contributed by atoms with Gasteiger partial charge in [0.25, 0.3) is 0 Å². The van der Waals surface area contributed by atoms with Gasteiger partial charge in [-0.05, 0) is 35.8 Å². The molecule has 28 heavy (non-hydrogen) atoms. The molecule has 1 aromatic carbocycles. The number of nitrogens with zero attached hydrogens (tertiary/aromatic N) is 1. The highest BCUT2D eigenvalue weighted by molar-refractivity contribution is 7.62. The van der Waals surface area contributed by atoms with Gasteiger partial charge in [-0.2, -0.15) is 0 Å². The van der Waals surface area contributed by atoms with Gasteiger partial charge in [0, 0.05) is 6.54 Å². The molecule has 0 heterocycles. The van der Waals surface area contributed by atoms with Crippen molar-refractivity contribution >= 4 is 13.4 Å². The molecule has 0 aliphatic rings. The summed E-state index contributed by atoms with van der Waals surface area (Å²) in [4.78, 5) is 14.5. The minimum atomic E-state index is -1.86. The molecule has 0 saturated heterocycles. The number of carbonyl (C=O) groups is 1. The highest BCUT2D eigenvalue weighted by atomic mass is 31.1. The highest BCUT2D eigenvalue weighted by Gasteiger charge is 2.36. The van der Waals surface area contributed by atoms with E-state index in [4.69, 9.17) is 0 Å². The molecule has 0 bridgehead atoms. The predicted octanol–water partition coefficient (Wildman–Crippen LogP) is 7.82. The Morgan fingerprint density at radius 3 is 2.04 bits per heavy atom. The van der Waals surface area contributed by atoms with E-state index in [1.54, 1.807) is 0 Å². The van der Waals surface area contributed by atoms with Gasteiger partial charge in [0.05, 0.1) is 6.04 Å². The number of carbonyl (C=O) groups excluding carboxylic acids is 1. The average Bonchev–Trinajstić information content (AvgIpc) is 2.64. The number of rotatable bonds is 13. The van der Waals surface area contributed by atoms with Crippen molar-refractivity contribution in [2.45, 2.75) is 85.6 Å². The Labute approximate surface area is 174 Å². The van der Waals surface area contributed by atoms with Crippen molar-refractivity contribution in [3.63, 3.8) is 0 Å². The van der Waals surface area contributed by atoms with E-state index in [-0.39, 0.29) is 17.6 Å². The van der Waals surface area contributed by atoms with E-state index in [0.717, 1.165) is 12.0 Å². The van der Waals surface area contributed by atoms with Gasteiger partial charge in [-0.1, -0.05) is 95.6 Å². The van der Waals surface area contributed by atoms with E-state index in [1.165, 1.54) is 50.8 Å². The summed E-state index contributed by atoms with van der Waals surface area (Å²) >= 11 is 0. The molecule has 0 saturated carbocycles. The Hall–Kier alpha value is -1.21. The third-order valence-corrected chi connectivity index (χ3v) is 5.98. The molecule has 0 radical (unpaired) electrons. The Bertz CT molecular complexity index is 595. The fourth-order valence-corrected chi connectivity index (χ4v) is 4.37. The molecule has 1 rings (SSSR count). The smallest absolute Gasteiger partial charge is 0.293 e. The van der Waals surface area contributed by atoms with Crippen molar-refractivity contribution in [2.75, 3.05) is 13.2 Å². The third kappa shape index (κ3) is 8.43. The molecule has 3 nitrogen and oxygen atoms in total. The van der Waals surface area contributed by atoms with Crippen molar-refractivity contribution in [1.82, 2.24) is 4.90 Å². The molecule has 0 fully saturated rings. The molecular weight excluding hydrogens is 365 g/mol. The maximum absolute atomic E-state index is 12.7. The molecule has 1 amide bonds. The topological polar surface area (TPSA) is 37.4 Å². The van der Waals surface area contributed by atoms with E-state index < -0.39 is 7.80 Å². The normalized spacial score (nSPS) is 13.1. The van der Waals surface area contributed by atoms with Gasteiger partial charge >= 0.3 is 13.4 Å². The van der Waals surface area contributed by atoms with Crippen molar-refractivity contribution < 1.29 is 9.36 Å². The standard InChI is InChI=1S/C24H41NO2P/c1-7-8-9-10-11-12-13-21-14-16-22(17-15-21)23(20(4)5)25(18-19(2)3)24(26)28(6)27/h14-17,19-20,23H,7-13,18H2,1-6H3/q+1. The second-order valence-corrected chi connectivity index (χ2v) is 10.2. The number of amides is 1. The number of hydrogen-bond donors (Lipinski definition) is 0. The van der Waals surface area contributed by atoms with Crippen LogP contribution in [0.2, 0.25) is 0 Å². The van der Waals surface area contributed by atoms with Crippen LogP contribution in [0, 0.1) is 11.8 Å². The largest absolute Gasteiger partial charge is 0.462 e. The van der Waals surface area contributed by atoms with Crippen molar-refractivity contribution in [1.29, 1.82) is 0 Å². The minimum absolute atomic E-state index is 0.0307. The van der Waals surface area contributed by atoms with Crippen LogP contribution in [0.15, 0.2) is 24.3 Å². The Morgan fingerprint density at radius 1 is 0.964 bits per heavy atom. The molecule has 0 aliphatic carbocycles. The zero-order chi connectivity index (χ0) is 21.1. The van der Waals surface area contributed by atoms with E-state index in [2.05, 4.69) is 58.9 Å². The Kier molecular flexibility index (Phi) is 11.6. The van der Waals surface area contributed by atoms with Gasteiger partial charge in [-0.25, -0.2) is 4.79 Å². The molecule has 4 heteroatoms. The van der Waals surface area contributed by atoms with Crippen molar-refractivity contribution in [3.8, 4) is 0 Å². The van der Waals surface area contributed by atoms with Crippen LogP contribution < -0.4 is 0 Å². The summed E-state index contributed by atoms with van der Waals surface area (Å²) in [6.07, 6.45) is 8.99. The van der Waals surface area contributed by atoms with Gasteiger partial charge in [0.15, 0.2) is 0 Å². The van der Waals surface area contributed by atoms with E-state index in [0.29, 0.717) is 12.5 Å². The molecule has 0 aromatic heterocycles. The molecule has 0 aliphatic heterocycles. The fraction of sp³-hybridized carbons (Fsp3) is 0.708. The minimum Gasteiger partial charge on any atom is -0.293 e. The lowest BCUT2D eigenvalue weighted by atomic mass is 9.92. The molecule has 0 spiro atoms. The summed E-state index contributed by atoms with van der Waals surface area (Å²) in [7, 11) is -1.86. The second-order valence-electron chi connectivity index (χ2n) is 8.77. The molecule has 2 unspecified atom stereocenters. The van der Waals surface area contributed by atoms with Gasteiger partial charge in [0.2, 0.25) is 0 Å². The van der Waals surface area contributed by atoms with Gasteiger partial charge in [0.1, 0.15) is 6.66 Å². The average molecular weight is 407 g/mol. The molecule has 1 aromatic rings. The monoisotopic (exact) mass is 406 g/mol. The van der Waals surface area contributed by atoms with Crippen LogP contribution >= 0.6 is 7.80 Å². The summed E-state index contributed by atoms with van der Waals surface area (Å²) < 4.78 is 11.9. The molecular formula is C24H41NO2P+. The molecule has 2 atom stereocenters. The summed E-state index contributed by atoms with van der Waals surface area (Å²) in [6.45, 7) is 12.9. The number of benzene rings is 1. The van der Waals surface area contributed by atoms with Crippen LogP contribution in [0.3, 0.4) is 0 Å². The zero-order valence-electron chi connectivity index (χ0n) is 18.9. The predicted molar refractivity (Wildman–Crippen MR) is 122 cm³/mol. The summed E-state index contributed by atoms with van der Waals surface area (Å²) in [5, 5.41) is 0. The summed E-state index contributed by atoms with van der Waals surface area (Å²) in [6, 6.07) is 8.72. The quantitative estimate of drug-likeness (QED) is 0.247. The summed E-state index contributed by atoms with van der Waals surface area (Å²) in [5.74, 6) is 0.606. The first-order valence-electron chi connectivity index (χ1n) is 11.1. The van der Waals surface area contributed by atoms with Crippen LogP contribution in [-0.2, 0) is 11.0 Å². The third-order valence-electron chi connectivity index (χ3n) is 5.18. The van der Waals surface area contributed by atoms with Crippen LogP contribution in [0.4, 0.5) is 4.79 Å². The van der Waals surface area contributed by atoms with E-state index in [1.807, 2.05) is 4.90 Å². The van der Waals surface area contributed by atoms with E-state index >= 15 is 0 Å². The van der Waals surface area contributed by atoms with Gasteiger partial charge in [-0.15, -0.1) is 0 Å². The second kappa shape index (κ2) is 13.1. The maximum Gasteiger partial charge on any atom is 0.462 e. The first kappa shape index (κ1) is 24.8. The zero-order valence-corrected chi connectivity index (χ0v) is 19.8. The van der Waals surface area contributed by atoms with Crippen LogP contribution in [0.25, 0.3) is 0 Å². The molecule has 158 valence electrons. The van der Waals surface area contributed by atoms with E-state index in [9.17, 15) is 9.36 Å². The highest BCUT2D eigenvalue weighted by Crippen LogP contribution is 2.34. The van der Waals surface area contributed by atoms with Crippen LogP contribution in [0.1, 0.15) is 90.3 Å². The maximum atomic E-state index is 12.7. The number of unbranched alkanes of at least 4 members (excludes halogenated alkanes) is 5. The molecule has 0 N–H and O–H groups in total. The fourth-order valence-electron chi connectivity index (χ4n) is 3.80. The van der Waals surface area contributed by atoms with Crippen LogP contribution in [0.5, 0.6) is 0 Å².